The topological polar surface area (TPSA) is 99.2 Å². The molecule has 1 heterocycles. The highest BCUT2D eigenvalue weighted by Gasteiger charge is 2.12. The van der Waals surface area contributed by atoms with Crippen LogP contribution in [0.1, 0.15) is 0 Å². The molecule has 0 saturated heterocycles. The SMILES string of the molecule is O=[N+]([O-])c1ccc(-c2cc(-c3ccc4ccccc4c3)cc(-c3ccc([N+](=O)[O-])cc3)n2)cc1. The third kappa shape index (κ3) is 4.10. The third-order valence-electron chi connectivity index (χ3n) is 5.66. The van der Waals surface area contributed by atoms with E-state index in [-0.39, 0.29) is 11.4 Å². The average molecular weight is 447 g/mol. The lowest BCUT2D eigenvalue weighted by Gasteiger charge is -2.11. The maximum Gasteiger partial charge on any atom is 0.269 e. The van der Waals surface area contributed by atoms with Crippen LogP contribution in [0.25, 0.3) is 44.4 Å². The minimum absolute atomic E-state index is 0.00465. The molecule has 0 aliphatic carbocycles. The maximum atomic E-state index is 11.1. The number of nitrogens with zero attached hydrogens (tertiary/aromatic N) is 3. The average Bonchev–Trinajstić information content (AvgIpc) is 2.88. The van der Waals surface area contributed by atoms with Crippen molar-refractivity contribution in [3.8, 4) is 33.6 Å². The fraction of sp³-hybridized carbons (Fsp3) is 0. The summed E-state index contributed by atoms with van der Waals surface area (Å²) in [6.07, 6.45) is 0. The number of nitro groups is 2. The first-order valence-corrected chi connectivity index (χ1v) is 10.5. The van der Waals surface area contributed by atoms with Crippen molar-refractivity contribution in [2.45, 2.75) is 0 Å². The number of rotatable bonds is 5. The van der Waals surface area contributed by atoms with Crippen LogP contribution in [-0.2, 0) is 0 Å². The summed E-state index contributed by atoms with van der Waals surface area (Å²) in [6, 6.07) is 30.7. The number of non-ortho nitro benzene ring substituents is 2. The molecule has 0 aliphatic heterocycles. The molecule has 5 aromatic rings. The molecule has 0 bridgehead atoms. The second kappa shape index (κ2) is 8.55. The van der Waals surface area contributed by atoms with E-state index in [1.165, 1.54) is 24.3 Å². The van der Waals surface area contributed by atoms with Crippen molar-refractivity contribution < 1.29 is 9.85 Å². The molecule has 1 aromatic heterocycles. The molecule has 0 atom stereocenters. The van der Waals surface area contributed by atoms with Crippen LogP contribution in [-0.4, -0.2) is 14.8 Å². The Bertz CT molecular complexity index is 1470. The third-order valence-corrected chi connectivity index (χ3v) is 5.66. The van der Waals surface area contributed by atoms with E-state index in [4.69, 9.17) is 4.98 Å². The van der Waals surface area contributed by atoms with Crippen LogP contribution in [0.5, 0.6) is 0 Å². The highest BCUT2D eigenvalue weighted by Crippen LogP contribution is 2.32. The molecule has 0 radical (unpaired) electrons. The number of benzene rings is 4. The molecule has 0 fully saturated rings. The van der Waals surface area contributed by atoms with Crippen LogP contribution >= 0.6 is 0 Å². The molecule has 0 aliphatic rings. The van der Waals surface area contributed by atoms with Crippen molar-refractivity contribution in [2.24, 2.45) is 0 Å². The van der Waals surface area contributed by atoms with E-state index in [0.717, 1.165) is 33.0 Å². The summed E-state index contributed by atoms with van der Waals surface area (Å²) in [7, 11) is 0. The number of pyridine rings is 1. The van der Waals surface area contributed by atoms with Gasteiger partial charge in [0.1, 0.15) is 0 Å². The highest BCUT2D eigenvalue weighted by molar-refractivity contribution is 5.88. The number of fused-ring (bicyclic) bond motifs is 1. The standard InChI is InChI=1S/C27H17N3O4/c31-29(32)24-11-7-19(8-12-24)26-16-23(22-6-5-18-3-1-2-4-21(18)15-22)17-27(28-26)20-9-13-25(14-10-20)30(33)34/h1-17H. The molecule has 34 heavy (non-hydrogen) atoms. The van der Waals surface area contributed by atoms with Gasteiger partial charge in [-0.15, -0.1) is 0 Å². The number of hydrogen-bond acceptors (Lipinski definition) is 5. The Balaban J connectivity index is 1.66. The largest absolute Gasteiger partial charge is 0.269 e. The summed E-state index contributed by atoms with van der Waals surface area (Å²) in [6.45, 7) is 0. The number of nitro benzene ring substituents is 2. The van der Waals surface area contributed by atoms with Crippen molar-refractivity contribution in [2.75, 3.05) is 0 Å². The Kier molecular flexibility index (Phi) is 5.27. The van der Waals surface area contributed by atoms with Crippen LogP contribution in [0.2, 0.25) is 0 Å². The van der Waals surface area contributed by atoms with Gasteiger partial charge in [-0.3, -0.25) is 20.2 Å². The fourth-order valence-electron chi connectivity index (χ4n) is 3.87. The zero-order valence-corrected chi connectivity index (χ0v) is 17.8. The molecule has 0 amide bonds. The van der Waals surface area contributed by atoms with E-state index in [9.17, 15) is 20.2 Å². The quantitative estimate of drug-likeness (QED) is 0.212. The van der Waals surface area contributed by atoms with Gasteiger partial charge in [0.15, 0.2) is 0 Å². The van der Waals surface area contributed by atoms with Crippen molar-refractivity contribution in [1.82, 2.24) is 4.98 Å². The van der Waals surface area contributed by atoms with Crippen molar-refractivity contribution in [1.29, 1.82) is 0 Å². The zero-order valence-electron chi connectivity index (χ0n) is 17.8. The van der Waals surface area contributed by atoms with Crippen LogP contribution in [0.3, 0.4) is 0 Å². The fourth-order valence-corrected chi connectivity index (χ4v) is 3.87. The van der Waals surface area contributed by atoms with Crippen molar-refractivity contribution in [3.05, 3.63) is 123 Å². The predicted molar refractivity (Wildman–Crippen MR) is 131 cm³/mol. The first-order chi connectivity index (χ1) is 16.5. The first kappa shape index (κ1) is 21.0. The normalized spacial score (nSPS) is 10.8. The monoisotopic (exact) mass is 447 g/mol. The van der Waals surface area contributed by atoms with Crippen LogP contribution < -0.4 is 0 Å². The van der Waals surface area contributed by atoms with Gasteiger partial charge in [-0.25, -0.2) is 4.98 Å². The summed E-state index contributed by atoms with van der Waals surface area (Å²) in [5.74, 6) is 0. The summed E-state index contributed by atoms with van der Waals surface area (Å²) < 4.78 is 0. The van der Waals surface area contributed by atoms with Crippen LogP contribution in [0, 0.1) is 20.2 Å². The Morgan fingerprint density at radius 3 is 1.47 bits per heavy atom. The van der Waals surface area contributed by atoms with Gasteiger partial charge < -0.3 is 0 Å². The van der Waals surface area contributed by atoms with Gasteiger partial charge in [0.25, 0.3) is 11.4 Å². The van der Waals surface area contributed by atoms with E-state index in [1.54, 1.807) is 24.3 Å². The van der Waals surface area contributed by atoms with Gasteiger partial charge in [0.2, 0.25) is 0 Å². The molecule has 0 unspecified atom stereocenters. The minimum Gasteiger partial charge on any atom is -0.258 e. The Hall–Kier alpha value is -4.91. The van der Waals surface area contributed by atoms with E-state index in [0.29, 0.717) is 11.4 Å². The second-order valence-electron chi connectivity index (χ2n) is 7.80. The molecular formula is C27H17N3O4. The van der Waals surface area contributed by atoms with Gasteiger partial charge >= 0.3 is 0 Å². The number of hydrogen-bond donors (Lipinski definition) is 0. The maximum absolute atomic E-state index is 11.1. The Labute approximate surface area is 194 Å². The van der Waals surface area contributed by atoms with Crippen molar-refractivity contribution in [3.63, 3.8) is 0 Å². The van der Waals surface area contributed by atoms with E-state index in [2.05, 4.69) is 24.3 Å². The Morgan fingerprint density at radius 2 is 0.971 bits per heavy atom. The van der Waals surface area contributed by atoms with Crippen LogP contribution in [0.15, 0.2) is 103 Å². The Morgan fingerprint density at radius 1 is 0.500 bits per heavy atom. The smallest absolute Gasteiger partial charge is 0.258 e. The summed E-state index contributed by atoms with van der Waals surface area (Å²) >= 11 is 0. The summed E-state index contributed by atoms with van der Waals surface area (Å²) in [5, 5.41) is 24.3. The lowest BCUT2D eigenvalue weighted by Crippen LogP contribution is -1.93. The van der Waals surface area contributed by atoms with Crippen molar-refractivity contribution >= 4 is 22.1 Å². The minimum atomic E-state index is -0.439. The zero-order chi connectivity index (χ0) is 23.7. The summed E-state index contributed by atoms with van der Waals surface area (Å²) in [4.78, 5) is 26.0. The van der Waals surface area contributed by atoms with E-state index < -0.39 is 9.85 Å². The predicted octanol–water partition coefficient (Wildman–Crippen LogP) is 7.05. The number of aromatic nitrogens is 1. The first-order valence-electron chi connectivity index (χ1n) is 10.5. The molecule has 7 heteroatoms. The molecule has 7 nitrogen and oxygen atoms in total. The summed E-state index contributed by atoms with van der Waals surface area (Å²) in [5.41, 5.74) is 4.68. The molecule has 0 saturated carbocycles. The van der Waals surface area contributed by atoms with Gasteiger partial charge in [-0.1, -0.05) is 36.4 Å². The van der Waals surface area contributed by atoms with Gasteiger partial charge in [-0.2, -0.15) is 0 Å². The van der Waals surface area contributed by atoms with Gasteiger partial charge in [0, 0.05) is 35.4 Å². The molecule has 164 valence electrons. The van der Waals surface area contributed by atoms with E-state index in [1.807, 2.05) is 30.3 Å². The van der Waals surface area contributed by atoms with Crippen LogP contribution in [0.4, 0.5) is 11.4 Å². The molecule has 5 rings (SSSR count). The van der Waals surface area contributed by atoms with E-state index >= 15 is 0 Å². The lowest BCUT2D eigenvalue weighted by molar-refractivity contribution is -0.385. The second-order valence-corrected chi connectivity index (χ2v) is 7.80. The molecule has 0 spiro atoms. The van der Waals surface area contributed by atoms with Gasteiger partial charge in [0.05, 0.1) is 21.2 Å². The molecule has 0 N–H and O–H groups in total. The molecular weight excluding hydrogens is 430 g/mol. The highest BCUT2D eigenvalue weighted by atomic mass is 16.6. The van der Waals surface area contributed by atoms with Gasteiger partial charge in [-0.05, 0) is 64.4 Å². The lowest BCUT2D eigenvalue weighted by atomic mass is 9.98. The molecule has 4 aromatic carbocycles.